The molecule has 1 unspecified atom stereocenters. The predicted molar refractivity (Wildman–Crippen MR) is 101 cm³/mol. The van der Waals surface area contributed by atoms with E-state index < -0.39 is 5.41 Å². The number of piperidine rings is 1. The maximum Gasteiger partial charge on any atom is 0.242 e. The standard InChI is InChI=1S/C21H30N2O2/c1-4-17-10-6-7-14-23(17)20(25)21(12-13-21)19(24)22(5-2)18-11-8-9-16(3)15-18/h8-9,11,15,17H,4-7,10,12-14H2,1-3H3. The number of anilines is 1. The molecule has 1 saturated carbocycles. The summed E-state index contributed by atoms with van der Waals surface area (Å²) < 4.78 is 0. The fraction of sp³-hybridized carbons (Fsp3) is 0.619. The van der Waals surface area contributed by atoms with Crippen molar-refractivity contribution in [1.29, 1.82) is 0 Å². The minimum absolute atomic E-state index is 0.00831. The van der Waals surface area contributed by atoms with Crippen LogP contribution >= 0.6 is 0 Å². The van der Waals surface area contributed by atoms with Crippen molar-refractivity contribution in [3.8, 4) is 0 Å². The van der Waals surface area contributed by atoms with Crippen LogP contribution in [0.1, 0.15) is 57.9 Å². The number of likely N-dealkylation sites (tertiary alicyclic amines) is 1. The van der Waals surface area contributed by atoms with Gasteiger partial charge in [-0.2, -0.15) is 0 Å². The zero-order chi connectivity index (χ0) is 18.0. The Balaban J connectivity index is 1.83. The van der Waals surface area contributed by atoms with Crippen molar-refractivity contribution in [1.82, 2.24) is 4.90 Å². The number of nitrogens with zero attached hydrogens (tertiary/aromatic N) is 2. The molecule has 1 atom stereocenters. The molecule has 2 amide bonds. The summed E-state index contributed by atoms with van der Waals surface area (Å²) >= 11 is 0. The summed E-state index contributed by atoms with van der Waals surface area (Å²) in [5.41, 5.74) is 1.23. The van der Waals surface area contributed by atoms with Crippen molar-refractivity contribution >= 4 is 17.5 Å². The molecule has 25 heavy (non-hydrogen) atoms. The molecule has 2 aliphatic rings. The molecule has 0 bridgehead atoms. The van der Waals surface area contributed by atoms with Gasteiger partial charge >= 0.3 is 0 Å². The van der Waals surface area contributed by atoms with E-state index in [9.17, 15) is 9.59 Å². The highest BCUT2D eigenvalue weighted by atomic mass is 16.2. The van der Waals surface area contributed by atoms with Crippen molar-refractivity contribution < 1.29 is 9.59 Å². The molecule has 4 nitrogen and oxygen atoms in total. The first-order valence-corrected chi connectivity index (χ1v) is 9.73. The zero-order valence-corrected chi connectivity index (χ0v) is 15.8. The van der Waals surface area contributed by atoms with Crippen molar-refractivity contribution in [3.05, 3.63) is 29.8 Å². The van der Waals surface area contributed by atoms with Gasteiger partial charge in [0.15, 0.2) is 0 Å². The third-order valence-electron chi connectivity index (χ3n) is 5.80. The lowest BCUT2D eigenvalue weighted by Gasteiger charge is -2.38. The number of amides is 2. The van der Waals surface area contributed by atoms with E-state index in [1.807, 2.05) is 43.0 Å². The van der Waals surface area contributed by atoms with Crippen LogP contribution < -0.4 is 4.90 Å². The van der Waals surface area contributed by atoms with Gasteiger partial charge in [0.05, 0.1) is 0 Å². The fourth-order valence-corrected chi connectivity index (χ4v) is 4.11. The van der Waals surface area contributed by atoms with Gasteiger partial charge in [-0.3, -0.25) is 9.59 Å². The molecule has 1 aliphatic carbocycles. The second-order valence-electron chi connectivity index (χ2n) is 7.53. The monoisotopic (exact) mass is 342 g/mol. The normalized spacial score (nSPS) is 21.7. The van der Waals surface area contributed by atoms with Crippen molar-refractivity contribution in [2.24, 2.45) is 5.41 Å². The van der Waals surface area contributed by atoms with Crippen LogP contribution in [0.2, 0.25) is 0 Å². The summed E-state index contributed by atoms with van der Waals surface area (Å²) in [4.78, 5) is 30.4. The number of carbonyl (C=O) groups is 2. The molecular weight excluding hydrogens is 312 g/mol. The number of benzene rings is 1. The van der Waals surface area contributed by atoms with Gasteiger partial charge in [-0.15, -0.1) is 0 Å². The van der Waals surface area contributed by atoms with Gasteiger partial charge < -0.3 is 9.80 Å². The molecule has 1 aromatic rings. The Morgan fingerprint density at radius 3 is 2.60 bits per heavy atom. The van der Waals surface area contributed by atoms with E-state index in [1.165, 1.54) is 6.42 Å². The average molecular weight is 342 g/mol. The highest BCUT2D eigenvalue weighted by Gasteiger charge is 2.60. The first kappa shape index (κ1) is 18.0. The third-order valence-corrected chi connectivity index (χ3v) is 5.80. The number of hydrogen-bond acceptors (Lipinski definition) is 2. The molecule has 1 aromatic carbocycles. The maximum atomic E-state index is 13.3. The largest absolute Gasteiger partial charge is 0.339 e. The molecule has 3 rings (SSSR count). The lowest BCUT2D eigenvalue weighted by molar-refractivity contribution is -0.146. The lowest BCUT2D eigenvalue weighted by atomic mass is 9.95. The maximum absolute atomic E-state index is 13.3. The first-order chi connectivity index (χ1) is 12.0. The summed E-state index contributed by atoms with van der Waals surface area (Å²) in [6, 6.07) is 8.29. The summed E-state index contributed by atoms with van der Waals surface area (Å²) in [5.74, 6) is 0.0705. The Kier molecular flexibility index (Phi) is 5.16. The Morgan fingerprint density at radius 2 is 2.00 bits per heavy atom. The molecule has 0 spiro atoms. The summed E-state index contributed by atoms with van der Waals surface area (Å²) in [6.45, 7) is 7.55. The van der Waals surface area contributed by atoms with E-state index in [-0.39, 0.29) is 11.8 Å². The molecule has 4 heteroatoms. The number of aryl methyl sites for hydroxylation is 1. The molecule has 2 fully saturated rings. The molecule has 136 valence electrons. The van der Waals surface area contributed by atoms with E-state index in [0.717, 1.165) is 37.1 Å². The van der Waals surface area contributed by atoms with Gasteiger partial charge in [-0.25, -0.2) is 0 Å². The summed E-state index contributed by atoms with van der Waals surface area (Å²) in [7, 11) is 0. The number of carbonyl (C=O) groups excluding carboxylic acids is 2. The molecule has 0 aromatic heterocycles. The van der Waals surface area contributed by atoms with E-state index in [1.54, 1.807) is 4.90 Å². The van der Waals surface area contributed by atoms with Gasteiger partial charge in [0.25, 0.3) is 0 Å². The highest BCUT2D eigenvalue weighted by Crippen LogP contribution is 2.50. The second kappa shape index (κ2) is 7.19. The molecule has 1 heterocycles. The smallest absolute Gasteiger partial charge is 0.242 e. The molecule has 1 saturated heterocycles. The van der Waals surface area contributed by atoms with Crippen LogP contribution in [0.4, 0.5) is 5.69 Å². The fourth-order valence-electron chi connectivity index (χ4n) is 4.11. The van der Waals surface area contributed by atoms with Crippen LogP contribution in [0.5, 0.6) is 0 Å². The van der Waals surface area contributed by atoms with Gasteiger partial charge in [0, 0.05) is 24.8 Å². The van der Waals surface area contributed by atoms with E-state index in [2.05, 4.69) is 6.92 Å². The van der Waals surface area contributed by atoms with Crippen molar-refractivity contribution in [2.75, 3.05) is 18.0 Å². The van der Waals surface area contributed by atoms with Crippen LogP contribution in [0.15, 0.2) is 24.3 Å². The Hall–Kier alpha value is -1.84. The van der Waals surface area contributed by atoms with Gasteiger partial charge in [0.1, 0.15) is 5.41 Å². The predicted octanol–water partition coefficient (Wildman–Crippen LogP) is 3.92. The first-order valence-electron chi connectivity index (χ1n) is 9.73. The molecule has 0 radical (unpaired) electrons. The van der Waals surface area contributed by atoms with Crippen LogP contribution in [0, 0.1) is 12.3 Å². The zero-order valence-electron chi connectivity index (χ0n) is 15.8. The second-order valence-corrected chi connectivity index (χ2v) is 7.53. The summed E-state index contributed by atoms with van der Waals surface area (Å²) in [5, 5.41) is 0. The Labute approximate surface area is 151 Å². The number of rotatable bonds is 5. The van der Waals surface area contributed by atoms with Crippen LogP contribution in [-0.4, -0.2) is 35.8 Å². The van der Waals surface area contributed by atoms with Crippen LogP contribution in [0.25, 0.3) is 0 Å². The Morgan fingerprint density at radius 1 is 1.24 bits per heavy atom. The SMILES string of the molecule is CCC1CCCCN1C(=O)C1(C(=O)N(CC)c2cccc(C)c2)CC1. The quantitative estimate of drug-likeness (QED) is 0.761. The van der Waals surface area contributed by atoms with E-state index in [0.29, 0.717) is 25.4 Å². The minimum Gasteiger partial charge on any atom is -0.339 e. The third kappa shape index (κ3) is 3.31. The lowest BCUT2D eigenvalue weighted by Crippen LogP contribution is -2.51. The van der Waals surface area contributed by atoms with Gasteiger partial charge in [0.2, 0.25) is 11.8 Å². The minimum atomic E-state index is -0.801. The summed E-state index contributed by atoms with van der Waals surface area (Å²) in [6.07, 6.45) is 5.68. The van der Waals surface area contributed by atoms with Crippen molar-refractivity contribution in [3.63, 3.8) is 0 Å². The van der Waals surface area contributed by atoms with Crippen LogP contribution in [-0.2, 0) is 9.59 Å². The van der Waals surface area contributed by atoms with Crippen molar-refractivity contribution in [2.45, 2.75) is 65.3 Å². The molecule has 0 N–H and O–H groups in total. The highest BCUT2D eigenvalue weighted by molar-refractivity contribution is 6.14. The molecular formula is C21H30N2O2. The average Bonchev–Trinajstić information content (AvgIpc) is 3.43. The van der Waals surface area contributed by atoms with E-state index >= 15 is 0 Å². The van der Waals surface area contributed by atoms with E-state index in [4.69, 9.17) is 0 Å². The topological polar surface area (TPSA) is 40.6 Å². The molecule has 1 aliphatic heterocycles. The van der Waals surface area contributed by atoms with Crippen LogP contribution in [0.3, 0.4) is 0 Å². The van der Waals surface area contributed by atoms with Gasteiger partial charge in [-0.05, 0) is 70.1 Å². The van der Waals surface area contributed by atoms with Gasteiger partial charge in [-0.1, -0.05) is 19.1 Å². The Bertz CT molecular complexity index is 651. The number of hydrogen-bond donors (Lipinski definition) is 0.